The Kier molecular flexibility index (Phi) is 6.22. The number of benzene rings is 2. The van der Waals surface area contributed by atoms with Crippen molar-refractivity contribution in [1.82, 2.24) is 0 Å². The fourth-order valence-electron chi connectivity index (χ4n) is 4.35. The number of fused-ring (bicyclic) bond motifs is 2. The molecule has 2 aromatic carbocycles. The van der Waals surface area contributed by atoms with E-state index in [2.05, 4.69) is 5.32 Å². The third-order valence-corrected chi connectivity index (χ3v) is 5.93. The van der Waals surface area contributed by atoms with E-state index in [1.165, 1.54) is 26.4 Å². The van der Waals surface area contributed by atoms with Crippen LogP contribution in [0.15, 0.2) is 77.9 Å². The molecule has 0 radical (unpaired) electrons. The Hall–Kier alpha value is -3.59. The zero-order valence-corrected chi connectivity index (χ0v) is 18.4. The molecule has 3 unspecified atom stereocenters. The molecular formula is C25H22F3NO5. The zero-order chi connectivity index (χ0) is 24.5. The molecule has 2 aliphatic heterocycles. The van der Waals surface area contributed by atoms with Crippen LogP contribution in [-0.2, 0) is 36.4 Å². The van der Waals surface area contributed by atoms with Gasteiger partial charge in [-0.15, -0.1) is 0 Å². The highest BCUT2D eigenvalue weighted by Crippen LogP contribution is 2.47. The Balaban J connectivity index is 1.78. The predicted molar refractivity (Wildman–Crippen MR) is 117 cm³/mol. The molecule has 0 saturated heterocycles. The number of hydrogen-bond donors (Lipinski definition) is 1. The fourth-order valence-corrected chi connectivity index (χ4v) is 4.35. The van der Waals surface area contributed by atoms with Crippen LogP contribution in [0.4, 0.5) is 18.9 Å². The number of carbonyl (C=O) groups is 2. The van der Waals surface area contributed by atoms with Crippen LogP contribution in [0.1, 0.15) is 11.1 Å². The summed E-state index contributed by atoms with van der Waals surface area (Å²) in [4.78, 5) is 25.4. The van der Waals surface area contributed by atoms with Crippen LogP contribution >= 0.6 is 0 Å². The van der Waals surface area contributed by atoms with Crippen molar-refractivity contribution in [2.24, 2.45) is 0 Å². The van der Waals surface area contributed by atoms with Gasteiger partial charge in [0.2, 0.25) is 0 Å². The summed E-state index contributed by atoms with van der Waals surface area (Å²) in [7, 11) is 2.40. The van der Waals surface area contributed by atoms with E-state index in [0.717, 1.165) is 12.1 Å². The Morgan fingerprint density at radius 1 is 1.03 bits per heavy atom. The fraction of sp³-hybridized carbons (Fsp3) is 0.280. The summed E-state index contributed by atoms with van der Waals surface area (Å²) in [5, 5.41) is 3.33. The minimum absolute atomic E-state index is 0.00897. The number of para-hydroxylation sites is 1. The van der Waals surface area contributed by atoms with Gasteiger partial charge in [0.05, 0.1) is 37.0 Å². The molecule has 2 bridgehead atoms. The van der Waals surface area contributed by atoms with Crippen molar-refractivity contribution in [3.8, 4) is 0 Å². The van der Waals surface area contributed by atoms with Crippen molar-refractivity contribution in [3.63, 3.8) is 0 Å². The number of hydrogen-bond acceptors (Lipinski definition) is 6. The minimum atomic E-state index is -4.45. The summed E-state index contributed by atoms with van der Waals surface area (Å²) in [5.74, 6) is -1.47. The van der Waals surface area contributed by atoms with E-state index in [0.29, 0.717) is 11.3 Å². The Bertz CT molecular complexity index is 1140. The van der Waals surface area contributed by atoms with Gasteiger partial charge in [0, 0.05) is 5.69 Å². The maximum Gasteiger partial charge on any atom is 0.416 e. The second kappa shape index (κ2) is 8.98. The van der Waals surface area contributed by atoms with Gasteiger partial charge in [-0.1, -0.05) is 36.4 Å². The predicted octanol–water partition coefficient (Wildman–Crippen LogP) is 4.08. The maximum atomic E-state index is 13.0. The third-order valence-electron chi connectivity index (χ3n) is 5.93. The molecule has 0 spiro atoms. The molecule has 1 N–H and O–H groups in total. The SMILES string of the molecule is COC(=O)C1=C(C(=O)OC)C2(C(Cc3ccc(C(F)(F)F)cc3)Nc3ccccc3)C=CC1O2. The lowest BCUT2D eigenvalue weighted by molar-refractivity contribution is -0.139. The molecule has 34 heavy (non-hydrogen) atoms. The van der Waals surface area contributed by atoms with Crippen LogP contribution in [0, 0.1) is 0 Å². The highest BCUT2D eigenvalue weighted by molar-refractivity contribution is 6.05. The first-order chi connectivity index (χ1) is 16.2. The van der Waals surface area contributed by atoms with Crippen molar-refractivity contribution in [2.75, 3.05) is 19.5 Å². The molecular weight excluding hydrogens is 451 g/mol. The van der Waals surface area contributed by atoms with Crippen molar-refractivity contribution in [2.45, 2.75) is 30.3 Å². The second-order valence-corrected chi connectivity index (χ2v) is 7.92. The Morgan fingerprint density at radius 3 is 2.26 bits per heavy atom. The molecule has 2 heterocycles. The molecule has 6 nitrogen and oxygen atoms in total. The van der Waals surface area contributed by atoms with E-state index in [4.69, 9.17) is 14.2 Å². The first kappa shape index (κ1) is 23.6. The van der Waals surface area contributed by atoms with E-state index in [-0.39, 0.29) is 17.6 Å². The van der Waals surface area contributed by atoms with Gasteiger partial charge in [0.1, 0.15) is 11.7 Å². The van der Waals surface area contributed by atoms with Crippen LogP contribution in [0.3, 0.4) is 0 Å². The van der Waals surface area contributed by atoms with Gasteiger partial charge in [-0.25, -0.2) is 9.59 Å². The quantitative estimate of drug-likeness (QED) is 0.483. The van der Waals surface area contributed by atoms with Crippen molar-refractivity contribution < 1.29 is 37.0 Å². The summed E-state index contributed by atoms with van der Waals surface area (Å²) in [5.41, 5.74) is -0.835. The summed E-state index contributed by atoms with van der Waals surface area (Å²) in [6.45, 7) is 0. The summed E-state index contributed by atoms with van der Waals surface area (Å²) in [6, 6.07) is 13.2. The first-order valence-corrected chi connectivity index (χ1v) is 10.5. The minimum Gasteiger partial charge on any atom is -0.466 e. The topological polar surface area (TPSA) is 73.9 Å². The normalized spacial score (nSPS) is 22.0. The second-order valence-electron chi connectivity index (χ2n) is 7.92. The van der Waals surface area contributed by atoms with E-state index >= 15 is 0 Å². The van der Waals surface area contributed by atoms with Gasteiger partial charge >= 0.3 is 18.1 Å². The summed E-state index contributed by atoms with van der Waals surface area (Å²) < 4.78 is 55.1. The smallest absolute Gasteiger partial charge is 0.416 e. The lowest BCUT2D eigenvalue weighted by atomic mass is 9.79. The van der Waals surface area contributed by atoms with Crippen molar-refractivity contribution in [1.29, 1.82) is 0 Å². The van der Waals surface area contributed by atoms with Gasteiger partial charge in [-0.05, 0) is 42.3 Å². The van der Waals surface area contributed by atoms with Gasteiger partial charge in [0.25, 0.3) is 0 Å². The standard InChI is InChI=1S/C25H22F3NO5/c1-32-22(30)20-18-12-13-24(34-18,21(20)23(31)33-2)19(29-17-6-4-3-5-7-17)14-15-8-10-16(11-9-15)25(26,27)28/h3-13,18-19,29H,14H2,1-2H3. The number of alkyl halides is 3. The number of ether oxygens (including phenoxy) is 3. The third kappa shape index (κ3) is 4.19. The summed E-state index contributed by atoms with van der Waals surface area (Å²) in [6.07, 6.45) is -1.75. The Morgan fingerprint density at radius 2 is 1.68 bits per heavy atom. The number of rotatable bonds is 7. The molecule has 0 amide bonds. The molecule has 0 fully saturated rings. The average Bonchev–Trinajstić information content (AvgIpc) is 3.41. The highest BCUT2D eigenvalue weighted by Gasteiger charge is 2.58. The molecule has 9 heteroatoms. The Labute approximate surface area is 194 Å². The first-order valence-electron chi connectivity index (χ1n) is 10.5. The van der Waals surface area contributed by atoms with E-state index in [9.17, 15) is 22.8 Å². The van der Waals surface area contributed by atoms with Crippen molar-refractivity contribution >= 4 is 17.6 Å². The van der Waals surface area contributed by atoms with Crippen LogP contribution in [0.5, 0.6) is 0 Å². The maximum absolute atomic E-state index is 13.0. The molecule has 0 aromatic heterocycles. The number of nitrogens with one attached hydrogen (secondary N) is 1. The van der Waals surface area contributed by atoms with Crippen molar-refractivity contribution in [3.05, 3.63) is 89.0 Å². The molecule has 3 atom stereocenters. The average molecular weight is 473 g/mol. The largest absolute Gasteiger partial charge is 0.466 e. The molecule has 4 rings (SSSR count). The zero-order valence-electron chi connectivity index (χ0n) is 18.4. The molecule has 0 saturated carbocycles. The lowest BCUT2D eigenvalue weighted by Gasteiger charge is -2.36. The van der Waals surface area contributed by atoms with Gasteiger partial charge in [-0.3, -0.25) is 0 Å². The van der Waals surface area contributed by atoms with E-state index in [1.54, 1.807) is 12.2 Å². The number of methoxy groups -OCH3 is 2. The number of carbonyl (C=O) groups excluding carboxylic acids is 2. The number of halogens is 3. The summed E-state index contributed by atoms with van der Waals surface area (Å²) >= 11 is 0. The molecule has 0 aliphatic carbocycles. The van der Waals surface area contributed by atoms with Crippen LogP contribution in [0.2, 0.25) is 0 Å². The molecule has 2 aromatic rings. The van der Waals surface area contributed by atoms with Gasteiger partial charge in [-0.2, -0.15) is 13.2 Å². The lowest BCUT2D eigenvalue weighted by Crippen LogP contribution is -2.49. The van der Waals surface area contributed by atoms with Gasteiger partial charge in [0.15, 0.2) is 0 Å². The molecule has 178 valence electrons. The van der Waals surface area contributed by atoms with Gasteiger partial charge < -0.3 is 19.5 Å². The van der Waals surface area contributed by atoms with E-state index in [1.807, 2.05) is 30.3 Å². The molecule has 2 aliphatic rings. The van der Waals surface area contributed by atoms with Crippen LogP contribution in [-0.4, -0.2) is 43.9 Å². The monoisotopic (exact) mass is 473 g/mol. The number of esters is 2. The highest BCUT2D eigenvalue weighted by atomic mass is 19.4. The van der Waals surface area contributed by atoms with E-state index < -0.39 is 41.4 Å². The number of anilines is 1. The van der Waals surface area contributed by atoms with Crippen LogP contribution in [0.25, 0.3) is 0 Å². The van der Waals surface area contributed by atoms with Crippen LogP contribution < -0.4 is 5.32 Å².